The number of hydrogen-bond acceptors (Lipinski definition) is 3. The van der Waals surface area contributed by atoms with Gasteiger partial charge < -0.3 is 5.73 Å². The van der Waals surface area contributed by atoms with Crippen molar-refractivity contribution >= 4 is 11.8 Å². The lowest BCUT2D eigenvalue weighted by atomic mass is 10.5. The van der Waals surface area contributed by atoms with Gasteiger partial charge in [-0.2, -0.15) is 0 Å². The molecule has 2 N–H and O–H groups in total. The lowest BCUT2D eigenvalue weighted by Gasteiger charge is -1.97. The van der Waals surface area contributed by atoms with Crippen molar-refractivity contribution in [1.82, 2.24) is 4.98 Å². The molecule has 1 heterocycles. The van der Waals surface area contributed by atoms with Crippen LogP contribution in [-0.4, -0.2) is 17.3 Å². The highest BCUT2D eigenvalue weighted by Crippen LogP contribution is 2.17. The molecule has 0 spiro atoms. The zero-order valence-corrected chi connectivity index (χ0v) is 7.93. The first-order valence-electron chi connectivity index (χ1n) is 3.91. The SMILES string of the molecule is NC/C=C(\F)CSc1ccccn1. The van der Waals surface area contributed by atoms with Crippen LogP contribution in [0.5, 0.6) is 0 Å². The molecule has 2 nitrogen and oxygen atoms in total. The van der Waals surface area contributed by atoms with Gasteiger partial charge in [0.15, 0.2) is 0 Å². The maximum absolute atomic E-state index is 12.8. The smallest absolute Gasteiger partial charge is 0.107 e. The molecule has 0 aliphatic carbocycles. The Bertz CT molecular complexity index is 274. The van der Waals surface area contributed by atoms with Crippen LogP contribution in [0.3, 0.4) is 0 Å². The lowest BCUT2D eigenvalue weighted by Crippen LogP contribution is -1.95. The van der Waals surface area contributed by atoms with Crippen LogP contribution in [0.4, 0.5) is 4.39 Å². The Morgan fingerprint density at radius 2 is 2.46 bits per heavy atom. The van der Waals surface area contributed by atoms with Gasteiger partial charge in [0.05, 0.1) is 10.8 Å². The Hall–Kier alpha value is -0.870. The molecule has 13 heavy (non-hydrogen) atoms. The molecular formula is C9H11FN2S. The van der Waals surface area contributed by atoms with Crippen LogP contribution >= 0.6 is 11.8 Å². The fourth-order valence-electron chi connectivity index (χ4n) is 0.762. The van der Waals surface area contributed by atoms with E-state index in [2.05, 4.69) is 4.98 Å². The average Bonchev–Trinajstić information content (AvgIpc) is 2.17. The Labute approximate surface area is 81.0 Å². The van der Waals surface area contributed by atoms with E-state index in [0.29, 0.717) is 5.75 Å². The highest BCUT2D eigenvalue weighted by molar-refractivity contribution is 7.99. The van der Waals surface area contributed by atoms with Gasteiger partial charge in [-0.15, -0.1) is 0 Å². The minimum Gasteiger partial charge on any atom is -0.327 e. The van der Waals surface area contributed by atoms with Gasteiger partial charge in [-0.1, -0.05) is 17.8 Å². The molecule has 0 amide bonds. The van der Waals surface area contributed by atoms with Crippen molar-refractivity contribution in [2.24, 2.45) is 5.73 Å². The van der Waals surface area contributed by atoms with E-state index in [1.165, 1.54) is 17.8 Å². The van der Waals surface area contributed by atoms with Crippen molar-refractivity contribution < 1.29 is 4.39 Å². The summed E-state index contributed by atoms with van der Waals surface area (Å²) in [6.07, 6.45) is 3.06. The molecule has 0 radical (unpaired) electrons. The standard InChI is InChI=1S/C9H11FN2S/c10-8(4-5-11)7-13-9-3-1-2-6-12-9/h1-4,6H,5,7,11H2/b8-4-. The highest BCUT2D eigenvalue weighted by atomic mass is 32.2. The first kappa shape index (κ1) is 10.2. The molecule has 0 fully saturated rings. The summed E-state index contributed by atoms with van der Waals surface area (Å²) in [4.78, 5) is 4.05. The zero-order valence-electron chi connectivity index (χ0n) is 7.11. The molecule has 1 rings (SSSR count). The average molecular weight is 198 g/mol. The Morgan fingerprint density at radius 3 is 3.08 bits per heavy atom. The van der Waals surface area contributed by atoms with Crippen molar-refractivity contribution in [3.63, 3.8) is 0 Å². The Balaban J connectivity index is 2.39. The van der Waals surface area contributed by atoms with Crippen LogP contribution < -0.4 is 5.73 Å². The second-order valence-electron chi connectivity index (χ2n) is 2.34. The van der Waals surface area contributed by atoms with Crippen LogP contribution in [0.2, 0.25) is 0 Å². The van der Waals surface area contributed by atoms with Gasteiger partial charge >= 0.3 is 0 Å². The Kier molecular flexibility index (Phi) is 4.49. The molecule has 1 aromatic heterocycles. The monoisotopic (exact) mass is 198 g/mol. The molecule has 1 aromatic rings. The van der Waals surface area contributed by atoms with Crippen LogP contribution in [0.15, 0.2) is 41.3 Å². The van der Waals surface area contributed by atoms with Crippen LogP contribution in [0.25, 0.3) is 0 Å². The minimum atomic E-state index is -0.196. The number of rotatable bonds is 4. The number of nitrogens with two attached hydrogens (primary N) is 1. The van der Waals surface area contributed by atoms with Gasteiger partial charge in [0.1, 0.15) is 5.83 Å². The van der Waals surface area contributed by atoms with E-state index < -0.39 is 0 Å². The van der Waals surface area contributed by atoms with E-state index in [1.807, 2.05) is 18.2 Å². The van der Waals surface area contributed by atoms with Crippen molar-refractivity contribution in [2.75, 3.05) is 12.3 Å². The molecule has 0 saturated heterocycles. The fraction of sp³-hybridized carbons (Fsp3) is 0.222. The largest absolute Gasteiger partial charge is 0.327 e. The third kappa shape index (κ3) is 4.05. The molecule has 0 bridgehead atoms. The summed E-state index contributed by atoms with van der Waals surface area (Å²) in [5.74, 6) is 0.104. The summed E-state index contributed by atoms with van der Waals surface area (Å²) in [5.41, 5.74) is 5.16. The van der Waals surface area contributed by atoms with E-state index in [4.69, 9.17) is 5.73 Å². The topological polar surface area (TPSA) is 38.9 Å². The number of hydrogen-bond donors (Lipinski definition) is 1. The van der Waals surface area contributed by atoms with Gasteiger partial charge in [0.25, 0.3) is 0 Å². The summed E-state index contributed by atoms with van der Waals surface area (Å²) < 4.78 is 12.8. The van der Waals surface area contributed by atoms with Gasteiger partial charge in [-0.3, -0.25) is 0 Å². The van der Waals surface area contributed by atoms with Gasteiger partial charge in [0.2, 0.25) is 0 Å². The Morgan fingerprint density at radius 1 is 1.62 bits per heavy atom. The molecule has 4 heteroatoms. The van der Waals surface area contributed by atoms with E-state index in [-0.39, 0.29) is 12.4 Å². The highest BCUT2D eigenvalue weighted by Gasteiger charge is 1.97. The fourth-order valence-corrected chi connectivity index (χ4v) is 1.48. The molecule has 0 aliphatic heterocycles. The number of pyridine rings is 1. The van der Waals surface area contributed by atoms with Crippen LogP contribution in [0, 0.1) is 0 Å². The predicted molar refractivity (Wildman–Crippen MR) is 53.2 cm³/mol. The van der Waals surface area contributed by atoms with Crippen molar-refractivity contribution in [2.45, 2.75) is 5.03 Å². The predicted octanol–water partition coefficient (Wildman–Crippen LogP) is 1.99. The van der Waals surface area contributed by atoms with E-state index >= 15 is 0 Å². The van der Waals surface area contributed by atoms with Gasteiger partial charge in [-0.05, 0) is 18.2 Å². The van der Waals surface area contributed by atoms with Crippen molar-refractivity contribution in [3.8, 4) is 0 Å². The summed E-state index contributed by atoms with van der Waals surface area (Å²) >= 11 is 1.36. The molecule has 0 atom stereocenters. The molecular weight excluding hydrogens is 187 g/mol. The van der Waals surface area contributed by atoms with Crippen molar-refractivity contribution in [1.29, 1.82) is 0 Å². The quantitative estimate of drug-likeness (QED) is 0.752. The van der Waals surface area contributed by atoms with Crippen LogP contribution in [-0.2, 0) is 0 Å². The first-order chi connectivity index (χ1) is 6.33. The van der Waals surface area contributed by atoms with E-state index in [0.717, 1.165) is 5.03 Å². The van der Waals surface area contributed by atoms with E-state index in [9.17, 15) is 4.39 Å². The number of aromatic nitrogens is 1. The summed E-state index contributed by atoms with van der Waals surface area (Å²) in [7, 11) is 0. The molecule has 0 aliphatic rings. The zero-order chi connectivity index (χ0) is 9.52. The lowest BCUT2D eigenvalue weighted by molar-refractivity contribution is 0.640. The maximum Gasteiger partial charge on any atom is 0.107 e. The third-order valence-electron chi connectivity index (χ3n) is 1.34. The van der Waals surface area contributed by atoms with Crippen molar-refractivity contribution in [3.05, 3.63) is 36.3 Å². The molecule has 0 saturated carbocycles. The number of halogens is 1. The first-order valence-corrected chi connectivity index (χ1v) is 4.90. The summed E-state index contributed by atoms with van der Waals surface area (Å²) in [6.45, 7) is 0.245. The van der Waals surface area contributed by atoms with Crippen LogP contribution in [0.1, 0.15) is 0 Å². The molecule has 0 unspecified atom stereocenters. The maximum atomic E-state index is 12.8. The normalized spacial score (nSPS) is 11.7. The third-order valence-corrected chi connectivity index (χ3v) is 2.29. The molecule has 70 valence electrons. The van der Waals surface area contributed by atoms with Gasteiger partial charge in [-0.25, -0.2) is 9.37 Å². The number of nitrogens with zero attached hydrogens (tertiary/aromatic N) is 1. The van der Waals surface area contributed by atoms with Gasteiger partial charge in [0, 0.05) is 12.7 Å². The summed E-state index contributed by atoms with van der Waals surface area (Å²) in [6, 6.07) is 5.55. The summed E-state index contributed by atoms with van der Waals surface area (Å²) in [5, 5.41) is 0.822. The minimum absolute atomic E-state index is 0.196. The second-order valence-corrected chi connectivity index (χ2v) is 3.34. The van der Waals surface area contributed by atoms with E-state index in [1.54, 1.807) is 6.20 Å². The second kappa shape index (κ2) is 5.72. The molecule has 0 aromatic carbocycles. The number of thioether (sulfide) groups is 1.